The molecule has 3 heteroatoms. The average molecular weight is 219 g/mol. The highest BCUT2D eigenvalue weighted by Gasteiger charge is 2.24. The van der Waals surface area contributed by atoms with Crippen molar-refractivity contribution in [1.82, 2.24) is 4.90 Å². The monoisotopic (exact) mass is 219 g/mol. The molecule has 0 aliphatic heterocycles. The summed E-state index contributed by atoms with van der Waals surface area (Å²) in [4.78, 5) is 24.7. The first-order chi connectivity index (χ1) is 7.57. The number of benzene rings is 1. The van der Waals surface area contributed by atoms with Crippen LogP contribution in [0.5, 0.6) is 0 Å². The Kier molecular flexibility index (Phi) is 4.23. The quantitative estimate of drug-likeness (QED) is 0.778. The minimum atomic E-state index is -0.455. The molecule has 0 bridgehead atoms. The van der Waals surface area contributed by atoms with E-state index in [1.165, 1.54) is 11.8 Å². The summed E-state index contributed by atoms with van der Waals surface area (Å²) in [7, 11) is 1.66. The van der Waals surface area contributed by atoms with Crippen LogP contribution < -0.4 is 0 Å². The molecule has 1 amide bonds. The van der Waals surface area contributed by atoms with Crippen molar-refractivity contribution in [3.05, 3.63) is 35.9 Å². The Morgan fingerprint density at radius 1 is 1.25 bits per heavy atom. The largest absolute Gasteiger partial charge is 0.332 e. The van der Waals surface area contributed by atoms with Crippen LogP contribution in [-0.4, -0.2) is 23.6 Å². The number of hydrogen-bond donors (Lipinski definition) is 0. The Hall–Kier alpha value is -1.64. The van der Waals surface area contributed by atoms with Crippen molar-refractivity contribution in [1.29, 1.82) is 0 Å². The van der Waals surface area contributed by atoms with Crippen LogP contribution in [0.4, 0.5) is 0 Å². The fourth-order valence-corrected chi connectivity index (χ4v) is 1.64. The van der Waals surface area contributed by atoms with Crippen molar-refractivity contribution in [2.24, 2.45) is 0 Å². The van der Waals surface area contributed by atoms with Crippen LogP contribution in [0, 0.1) is 0 Å². The lowest BCUT2D eigenvalue weighted by Gasteiger charge is -2.26. The van der Waals surface area contributed by atoms with Gasteiger partial charge in [0.25, 0.3) is 0 Å². The molecule has 1 unspecified atom stereocenters. The van der Waals surface area contributed by atoms with Gasteiger partial charge in [0.05, 0.1) is 0 Å². The van der Waals surface area contributed by atoms with E-state index in [1.807, 2.05) is 37.3 Å². The van der Waals surface area contributed by atoms with Gasteiger partial charge in [0.1, 0.15) is 6.04 Å². The van der Waals surface area contributed by atoms with Crippen LogP contribution in [0.15, 0.2) is 30.3 Å². The van der Waals surface area contributed by atoms with Gasteiger partial charge in [-0.2, -0.15) is 0 Å². The lowest BCUT2D eigenvalue weighted by molar-refractivity contribution is -0.136. The lowest BCUT2D eigenvalue weighted by Crippen LogP contribution is -2.34. The molecule has 0 spiro atoms. The molecule has 0 saturated heterocycles. The summed E-state index contributed by atoms with van der Waals surface area (Å²) in [5.74, 6) is -0.0421. The first kappa shape index (κ1) is 12.4. The highest BCUT2D eigenvalue weighted by atomic mass is 16.2. The summed E-state index contributed by atoms with van der Waals surface area (Å²) in [6.07, 6.45) is 0.428. The topological polar surface area (TPSA) is 37.4 Å². The Morgan fingerprint density at radius 2 is 1.81 bits per heavy atom. The number of likely N-dealkylation sites (N-methyl/N-ethyl adjacent to an activating group) is 1. The van der Waals surface area contributed by atoms with E-state index in [1.54, 1.807) is 7.05 Å². The van der Waals surface area contributed by atoms with E-state index in [9.17, 15) is 9.59 Å². The van der Waals surface area contributed by atoms with E-state index in [-0.39, 0.29) is 11.7 Å². The third-order valence-electron chi connectivity index (χ3n) is 2.65. The Balaban J connectivity index is 3.06. The maximum atomic E-state index is 11.9. The maximum absolute atomic E-state index is 11.9. The van der Waals surface area contributed by atoms with Crippen molar-refractivity contribution in [3.8, 4) is 0 Å². The van der Waals surface area contributed by atoms with Gasteiger partial charge in [-0.1, -0.05) is 37.3 Å². The highest BCUT2D eigenvalue weighted by molar-refractivity contribution is 5.89. The van der Waals surface area contributed by atoms with Gasteiger partial charge in [0.2, 0.25) is 5.91 Å². The fourth-order valence-electron chi connectivity index (χ4n) is 1.64. The second-order valence-electron chi connectivity index (χ2n) is 3.76. The Labute approximate surface area is 96.1 Å². The van der Waals surface area contributed by atoms with Crippen LogP contribution in [0.3, 0.4) is 0 Å². The number of nitrogens with zero attached hydrogens (tertiary/aromatic N) is 1. The van der Waals surface area contributed by atoms with E-state index in [0.29, 0.717) is 6.42 Å². The number of rotatable bonds is 4. The number of amides is 1. The molecule has 1 aromatic rings. The molecule has 0 radical (unpaired) electrons. The van der Waals surface area contributed by atoms with Crippen LogP contribution in [0.25, 0.3) is 0 Å². The van der Waals surface area contributed by atoms with Crippen LogP contribution in [-0.2, 0) is 9.59 Å². The predicted molar refractivity (Wildman–Crippen MR) is 62.9 cm³/mol. The first-order valence-electron chi connectivity index (χ1n) is 5.39. The highest BCUT2D eigenvalue weighted by Crippen LogP contribution is 2.21. The minimum Gasteiger partial charge on any atom is -0.332 e. The van der Waals surface area contributed by atoms with Gasteiger partial charge in [-0.15, -0.1) is 0 Å². The zero-order valence-corrected chi connectivity index (χ0v) is 9.93. The lowest BCUT2D eigenvalue weighted by atomic mass is 10.00. The normalized spacial score (nSPS) is 11.9. The van der Waals surface area contributed by atoms with E-state index >= 15 is 0 Å². The van der Waals surface area contributed by atoms with Crippen molar-refractivity contribution in [2.75, 3.05) is 7.05 Å². The van der Waals surface area contributed by atoms with E-state index in [0.717, 1.165) is 5.56 Å². The molecule has 3 nitrogen and oxygen atoms in total. The molecule has 1 aromatic carbocycles. The number of Topliss-reactive ketones (excluding diaryl/α,β-unsaturated/α-hetero) is 1. The average Bonchev–Trinajstić information content (AvgIpc) is 2.30. The van der Waals surface area contributed by atoms with Crippen molar-refractivity contribution < 1.29 is 9.59 Å². The zero-order chi connectivity index (χ0) is 12.1. The second kappa shape index (κ2) is 5.45. The summed E-state index contributed by atoms with van der Waals surface area (Å²) in [6, 6.07) is 8.93. The molecule has 0 aliphatic rings. The second-order valence-corrected chi connectivity index (χ2v) is 3.76. The fraction of sp³-hybridized carbons (Fsp3) is 0.385. The number of ketones is 1. The maximum Gasteiger partial charge on any atom is 0.220 e. The van der Waals surface area contributed by atoms with Crippen LogP contribution in [0.2, 0.25) is 0 Å². The molecule has 0 fully saturated rings. The number of hydrogen-bond acceptors (Lipinski definition) is 2. The summed E-state index contributed by atoms with van der Waals surface area (Å²) in [5, 5.41) is 0. The summed E-state index contributed by atoms with van der Waals surface area (Å²) in [5.41, 5.74) is 0.868. The summed E-state index contributed by atoms with van der Waals surface area (Å²) < 4.78 is 0. The smallest absolute Gasteiger partial charge is 0.220 e. The van der Waals surface area contributed by atoms with Crippen molar-refractivity contribution in [3.63, 3.8) is 0 Å². The van der Waals surface area contributed by atoms with Gasteiger partial charge < -0.3 is 4.90 Å². The van der Waals surface area contributed by atoms with Crippen molar-refractivity contribution in [2.45, 2.75) is 26.3 Å². The zero-order valence-electron chi connectivity index (χ0n) is 9.93. The number of carbonyl (C=O) groups excluding carboxylic acids is 2. The molecule has 1 rings (SSSR count). The van der Waals surface area contributed by atoms with Gasteiger partial charge >= 0.3 is 0 Å². The van der Waals surface area contributed by atoms with Crippen LogP contribution >= 0.6 is 0 Å². The standard InChI is InChI=1S/C13H17NO2/c1-4-12(16)13(14(3)10(2)15)11-8-6-5-7-9-11/h5-9,13H,4H2,1-3H3. The van der Waals surface area contributed by atoms with Crippen LogP contribution in [0.1, 0.15) is 31.9 Å². The summed E-state index contributed by atoms with van der Waals surface area (Å²) >= 11 is 0. The minimum absolute atomic E-state index is 0.0592. The Bertz CT molecular complexity index is 373. The molecule has 0 saturated carbocycles. The number of carbonyl (C=O) groups is 2. The molecule has 1 atom stereocenters. The van der Waals surface area contributed by atoms with E-state index < -0.39 is 6.04 Å². The van der Waals surface area contributed by atoms with Crippen molar-refractivity contribution >= 4 is 11.7 Å². The molecule has 0 N–H and O–H groups in total. The van der Waals surface area contributed by atoms with Gasteiger partial charge in [-0.3, -0.25) is 9.59 Å². The van der Waals surface area contributed by atoms with E-state index in [4.69, 9.17) is 0 Å². The third-order valence-corrected chi connectivity index (χ3v) is 2.65. The molecule has 0 heterocycles. The third kappa shape index (κ3) is 2.69. The Morgan fingerprint density at radius 3 is 2.25 bits per heavy atom. The first-order valence-corrected chi connectivity index (χ1v) is 5.39. The van der Waals surface area contributed by atoms with Gasteiger partial charge in [0, 0.05) is 20.4 Å². The predicted octanol–water partition coefficient (Wildman–Crippen LogP) is 2.19. The summed E-state index contributed by atoms with van der Waals surface area (Å²) in [6.45, 7) is 3.28. The molecule has 0 aromatic heterocycles. The van der Waals surface area contributed by atoms with E-state index in [2.05, 4.69) is 0 Å². The molecular formula is C13H17NO2. The molecule has 16 heavy (non-hydrogen) atoms. The molecule has 0 aliphatic carbocycles. The van der Waals surface area contributed by atoms with Gasteiger partial charge in [-0.05, 0) is 5.56 Å². The van der Waals surface area contributed by atoms with Gasteiger partial charge in [-0.25, -0.2) is 0 Å². The van der Waals surface area contributed by atoms with Gasteiger partial charge in [0.15, 0.2) is 5.78 Å². The molecule has 86 valence electrons. The SMILES string of the molecule is CCC(=O)C(c1ccccc1)N(C)C(C)=O. The molecular weight excluding hydrogens is 202 g/mol.